The number of benzene rings is 1. The zero-order chi connectivity index (χ0) is 15.4. The van der Waals surface area contributed by atoms with Crippen LogP contribution in [-0.2, 0) is 9.31 Å². The van der Waals surface area contributed by atoms with Gasteiger partial charge < -0.3 is 9.31 Å². The van der Waals surface area contributed by atoms with Crippen molar-refractivity contribution in [1.29, 1.82) is 0 Å². The van der Waals surface area contributed by atoms with Crippen LogP contribution < -0.4 is 5.46 Å². The molecule has 0 unspecified atom stereocenters. The van der Waals surface area contributed by atoms with E-state index in [1.165, 1.54) is 6.07 Å². The Morgan fingerprint density at radius 2 is 1.67 bits per heavy atom. The monoisotopic (exact) mass is 287 g/mol. The van der Waals surface area contributed by atoms with Crippen LogP contribution >= 0.6 is 0 Å². The molecule has 0 amide bonds. The van der Waals surface area contributed by atoms with Crippen molar-refractivity contribution in [2.75, 3.05) is 0 Å². The number of hydrogen-bond donors (Lipinski definition) is 0. The molecule has 3 rings (SSSR count). The third-order valence-electron chi connectivity index (χ3n) is 4.42. The lowest BCUT2D eigenvalue weighted by molar-refractivity contribution is 0.00578. The van der Waals surface area contributed by atoms with E-state index in [1.54, 1.807) is 6.20 Å². The number of rotatable bonds is 1. The minimum absolute atomic E-state index is 0.350. The van der Waals surface area contributed by atoms with Crippen LogP contribution in [0.2, 0.25) is 0 Å². The molecule has 0 saturated carbocycles. The maximum atomic E-state index is 14.2. The van der Waals surface area contributed by atoms with Crippen molar-refractivity contribution in [1.82, 2.24) is 4.98 Å². The third kappa shape index (κ3) is 2.34. The van der Waals surface area contributed by atoms with Gasteiger partial charge in [-0.25, -0.2) is 4.39 Å². The molecule has 1 fully saturated rings. The van der Waals surface area contributed by atoms with E-state index in [0.29, 0.717) is 11.0 Å². The first-order chi connectivity index (χ1) is 9.69. The molecule has 0 spiro atoms. The molecular weight excluding hydrogens is 268 g/mol. The molecule has 2 heterocycles. The lowest BCUT2D eigenvalue weighted by Crippen LogP contribution is -2.41. The highest BCUT2D eigenvalue weighted by molar-refractivity contribution is 6.62. The smallest absolute Gasteiger partial charge is 0.399 e. The summed E-state index contributed by atoms with van der Waals surface area (Å²) in [5, 5.41) is 0.764. The Morgan fingerprint density at radius 1 is 1.05 bits per heavy atom. The van der Waals surface area contributed by atoms with E-state index in [4.69, 9.17) is 9.31 Å². The standard InChI is InChI=1S/C16H19BFNO2/c1-10-6-11-7-12(8-13(18)14(11)19-9-10)17-20-15(2,3)16(4,5)21-17/h6-9H,1-5H3. The summed E-state index contributed by atoms with van der Waals surface area (Å²) >= 11 is 0. The Kier molecular flexibility index (Phi) is 3.12. The second-order valence-electron chi connectivity index (χ2n) is 6.68. The molecule has 0 bridgehead atoms. The molecule has 1 aliphatic rings. The first-order valence-corrected chi connectivity index (χ1v) is 7.11. The average molecular weight is 287 g/mol. The first-order valence-electron chi connectivity index (χ1n) is 7.11. The Hall–Kier alpha value is -1.46. The van der Waals surface area contributed by atoms with Crippen molar-refractivity contribution in [3.8, 4) is 0 Å². The number of hydrogen-bond acceptors (Lipinski definition) is 3. The van der Waals surface area contributed by atoms with Gasteiger partial charge in [-0.3, -0.25) is 4.98 Å². The number of nitrogens with zero attached hydrogens (tertiary/aromatic N) is 1. The van der Waals surface area contributed by atoms with Crippen molar-refractivity contribution in [3.63, 3.8) is 0 Å². The van der Waals surface area contributed by atoms with Crippen molar-refractivity contribution >= 4 is 23.5 Å². The van der Waals surface area contributed by atoms with Gasteiger partial charge in [-0.15, -0.1) is 0 Å². The number of fused-ring (bicyclic) bond motifs is 1. The fourth-order valence-electron chi connectivity index (χ4n) is 2.45. The largest absolute Gasteiger partial charge is 0.494 e. The molecular formula is C16H19BFNO2. The van der Waals surface area contributed by atoms with E-state index in [0.717, 1.165) is 10.9 Å². The van der Waals surface area contributed by atoms with Crippen LogP contribution in [0.1, 0.15) is 33.3 Å². The summed E-state index contributed by atoms with van der Waals surface area (Å²) in [7, 11) is -0.561. The zero-order valence-corrected chi connectivity index (χ0v) is 13.0. The van der Waals surface area contributed by atoms with Gasteiger partial charge in [0.05, 0.1) is 11.2 Å². The fourth-order valence-corrected chi connectivity index (χ4v) is 2.45. The van der Waals surface area contributed by atoms with Crippen LogP contribution in [0.3, 0.4) is 0 Å². The maximum Gasteiger partial charge on any atom is 0.494 e. The van der Waals surface area contributed by atoms with Crippen molar-refractivity contribution in [3.05, 3.63) is 35.8 Å². The molecule has 0 aliphatic carbocycles. The lowest BCUT2D eigenvalue weighted by Gasteiger charge is -2.32. The zero-order valence-electron chi connectivity index (χ0n) is 13.0. The summed E-state index contributed by atoms with van der Waals surface area (Å²) in [4.78, 5) is 4.15. The molecule has 110 valence electrons. The molecule has 1 aromatic heterocycles. The molecule has 1 saturated heterocycles. The van der Waals surface area contributed by atoms with E-state index in [1.807, 2.05) is 46.8 Å². The quantitative estimate of drug-likeness (QED) is 0.756. The summed E-state index contributed by atoms with van der Waals surface area (Å²) in [6.07, 6.45) is 1.67. The molecule has 2 aromatic rings. The van der Waals surface area contributed by atoms with Gasteiger partial charge in [0, 0.05) is 11.6 Å². The molecule has 1 aliphatic heterocycles. The first kappa shape index (κ1) is 14.5. The normalized spacial score (nSPS) is 20.2. The second kappa shape index (κ2) is 4.52. The van der Waals surface area contributed by atoms with Crippen LogP contribution in [0.5, 0.6) is 0 Å². The molecule has 1 aromatic carbocycles. The van der Waals surface area contributed by atoms with Crippen molar-refractivity contribution < 1.29 is 13.7 Å². The number of halogens is 1. The van der Waals surface area contributed by atoms with Crippen LogP contribution in [0.4, 0.5) is 4.39 Å². The fraction of sp³-hybridized carbons (Fsp3) is 0.438. The lowest BCUT2D eigenvalue weighted by atomic mass is 9.78. The van der Waals surface area contributed by atoms with E-state index >= 15 is 0 Å². The number of aromatic nitrogens is 1. The van der Waals surface area contributed by atoms with Gasteiger partial charge in [-0.1, -0.05) is 6.07 Å². The third-order valence-corrected chi connectivity index (χ3v) is 4.42. The van der Waals surface area contributed by atoms with Gasteiger partial charge in [-0.05, 0) is 57.8 Å². The van der Waals surface area contributed by atoms with Gasteiger partial charge in [0.15, 0.2) is 0 Å². The average Bonchev–Trinajstić information content (AvgIpc) is 2.57. The topological polar surface area (TPSA) is 31.4 Å². The van der Waals surface area contributed by atoms with Crippen molar-refractivity contribution in [2.24, 2.45) is 0 Å². The highest BCUT2D eigenvalue weighted by atomic mass is 19.1. The van der Waals surface area contributed by atoms with Crippen LogP contribution in [-0.4, -0.2) is 23.3 Å². The molecule has 0 atom stereocenters. The van der Waals surface area contributed by atoms with E-state index in [-0.39, 0.29) is 5.82 Å². The minimum atomic E-state index is -0.561. The SMILES string of the molecule is Cc1cnc2c(F)cc(B3OC(C)(C)C(C)(C)O3)cc2c1. The van der Waals surface area contributed by atoms with Gasteiger partial charge in [0.25, 0.3) is 0 Å². The summed E-state index contributed by atoms with van der Waals surface area (Å²) < 4.78 is 26.2. The van der Waals surface area contributed by atoms with Crippen LogP contribution in [0.25, 0.3) is 10.9 Å². The predicted molar refractivity (Wildman–Crippen MR) is 82.2 cm³/mol. The van der Waals surface area contributed by atoms with Gasteiger partial charge in [0.2, 0.25) is 0 Å². The molecule has 5 heteroatoms. The Balaban J connectivity index is 2.06. The Morgan fingerprint density at radius 3 is 2.29 bits per heavy atom. The molecule has 3 nitrogen and oxygen atoms in total. The van der Waals surface area contributed by atoms with Gasteiger partial charge >= 0.3 is 7.12 Å². The van der Waals surface area contributed by atoms with Gasteiger partial charge in [0.1, 0.15) is 11.3 Å². The minimum Gasteiger partial charge on any atom is -0.399 e. The summed E-state index contributed by atoms with van der Waals surface area (Å²) in [5.41, 5.74) is 1.18. The van der Waals surface area contributed by atoms with Crippen LogP contribution in [0.15, 0.2) is 24.4 Å². The Labute approximate surface area is 124 Å². The summed E-state index contributed by atoms with van der Waals surface area (Å²) in [6, 6.07) is 5.26. The highest BCUT2D eigenvalue weighted by Gasteiger charge is 2.51. The van der Waals surface area contributed by atoms with E-state index in [9.17, 15) is 4.39 Å². The van der Waals surface area contributed by atoms with E-state index < -0.39 is 18.3 Å². The number of aryl methyl sites for hydroxylation is 1. The molecule has 21 heavy (non-hydrogen) atoms. The predicted octanol–water partition coefficient (Wildman–Crippen LogP) is 2.98. The van der Waals surface area contributed by atoms with Crippen LogP contribution in [0, 0.1) is 12.7 Å². The Bertz CT molecular complexity index is 699. The van der Waals surface area contributed by atoms with Gasteiger partial charge in [-0.2, -0.15) is 0 Å². The summed E-state index contributed by atoms with van der Waals surface area (Å²) in [5.74, 6) is -0.350. The molecule has 0 N–H and O–H groups in total. The number of pyridine rings is 1. The highest BCUT2D eigenvalue weighted by Crippen LogP contribution is 2.36. The maximum absolute atomic E-state index is 14.2. The molecule has 0 radical (unpaired) electrons. The van der Waals surface area contributed by atoms with E-state index in [2.05, 4.69) is 4.98 Å². The van der Waals surface area contributed by atoms with Crippen molar-refractivity contribution in [2.45, 2.75) is 45.8 Å². The second-order valence-corrected chi connectivity index (χ2v) is 6.68. The summed E-state index contributed by atoms with van der Waals surface area (Å²) in [6.45, 7) is 9.87.